The van der Waals surface area contributed by atoms with Gasteiger partial charge in [0.1, 0.15) is 0 Å². The van der Waals surface area contributed by atoms with Crippen LogP contribution in [0.5, 0.6) is 0 Å². The number of halogens is 3. The Kier molecular flexibility index (Phi) is 1.99. The fourth-order valence-electron chi connectivity index (χ4n) is 1.48. The van der Waals surface area contributed by atoms with Crippen molar-refractivity contribution in [2.24, 2.45) is 5.92 Å². The summed E-state index contributed by atoms with van der Waals surface area (Å²) in [5.41, 5.74) is -0.761. The normalized spacial score (nSPS) is 25.3. The lowest BCUT2D eigenvalue weighted by molar-refractivity contribution is -0.141. The molecule has 1 aromatic heterocycles. The van der Waals surface area contributed by atoms with Crippen LogP contribution in [0.15, 0.2) is 6.07 Å². The molecule has 0 radical (unpaired) electrons. The molecule has 1 heterocycles. The van der Waals surface area contributed by atoms with Crippen LogP contribution in [-0.2, 0) is 11.0 Å². The second-order valence-electron chi connectivity index (χ2n) is 3.49. The summed E-state index contributed by atoms with van der Waals surface area (Å²) >= 11 is 0. The SMILES string of the molecule is O=C(O)[C@@H]1C[C@H]1c1cc(C(F)(F)F)n[nH]1. The minimum atomic E-state index is -4.48. The van der Waals surface area contributed by atoms with E-state index < -0.39 is 23.8 Å². The van der Waals surface area contributed by atoms with Crippen LogP contribution in [0.25, 0.3) is 0 Å². The maximum atomic E-state index is 12.1. The summed E-state index contributed by atoms with van der Waals surface area (Å²) in [7, 11) is 0. The van der Waals surface area contributed by atoms with Gasteiger partial charge in [-0.3, -0.25) is 9.89 Å². The molecule has 2 atom stereocenters. The Bertz CT molecular complexity index is 399. The Balaban J connectivity index is 2.13. The van der Waals surface area contributed by atoms with E-state index in [0.29, 0.717) is 6.42 Å². The molecule has 0 spiro atoms. The Morgan fingerprint density at radius 3 is 2.67 bits per heavy atom. The first kappa shape index (κ1) is 10.0. The van der Waals surface area contributed by atoms with Gasteiger partial charge < -0.3 is 5.11 Å². The summed E-state index contributed by atoms with van der Waals surface area (Å²) in [6.45, 7) is 0. The molecule has 0 bridgehead atoms. The van der Waals surface area contributed by atoms with E-state index in [-0.39, 0.29) is 11.6 Å². The lowest BCUT2D eigenvalue weighted by atomic mass is 10.2. The Hall–Kier alpha value is -1.53. The first-order valence-corrected chi connectivity index (χ1v) is 4.25. The molecule has 0 aromatic carbocycles. The van der Waals surface area contributed by atoms with Gasteiger partial charge in [-0.2, -0.15) is 18.3 Å². The lowest BCUT2D eigenvalue weighted by Gasteiger charge is -1.98. The third-order valence-electron chi connectivity index (χ3n) is 2.40. The maximum absolute atomic E-state index is 12.1. The molecule has 0 unspecified atom stereocenters. The van der Waals surface area contributed by atoms with Crippen molar-refractivity contribution in [3.8, 4) is 0 Å². The number of aromatic amines is 1. The average Bonchev–Trinajstić information content (AvgIpc) is 2.74. The summed E-state index contributed by atoms with van der Waals surface area (Å²) in [5.74, 6) is -1.92. The van der Waals surface area contributed by atoms with Gasteiger partial charge in [0.05, 0.1) is 5.92 Å². The third kappa shape index (κ3) is 1.81. The Morgan fingerprint density at radius 1 is 1.60 bits per heavy atom. The fraction of sp³-hybridized carbons (Fsp3) is 0.500. The van der Waals surface area contributed by atoms with Gasteiger partial charge in [-0.05, 0) is 12.5 Å². The van der Waals surface area contributed by atoms with Crippen LogP contribution < -0.4 is 0 Å². The first-order valence-electron chi connectivity index (χ1n) is 4.25. The molecule has 1 aliphatic rings. The van der Waals surface area contributed by atoms with Crippen molar-refractivity contribution in [2.75, 3.05) is 0 Å². The summed E-state index contributed by atoms with van der Waals surface area (Å²) < 4.78 is 36.4. The molecule has 2 rings (SSSR count). The van der Waals surface area contributed by atoms with Crippen LogP contribution in [0.4, 0.5) is 13.2 Å². The number of hydrogen-bond donors (Lipinski definition) is 2. The number of rotatable bonds is 2. The topological polar surface area (TPSA) is 66.0 Å². The molecular weight excluding hydrogens is 213 g/mol. The summed E-state index contributed by atoms with van der Waals surface area (Å²) in [6, 6.07) is 0.869. The van der Waals surface area contributed by atoms with Gasteiger partial charge in [0.2, 0.25) is 0 Å². The van der Waals surface area contributed by atoms with E-state index >= 15 is 0 Å². The zero-order valence-corrected chi connectivity index (χ0v) is 7.38. The molecular formula is C8H7F3N2O2. The number of aliphatic carboxylic acids is 1. The zero-order chi connectivity index (χ0) is 11.2. The van der Waals surface area contributed by atoms with Gasteiger partial charge in [0.25, 0.3) is 0 Å². The quantitative estimate of drug-likeness (QED) is 0.795. The van der Waals surface area contributed by atoms with E-state index in [4.69, 9.17) is 5.11 Å². The van der Waals surface area contributed by atoms with E-state index in [0.717, 1.165) is 6.07 Å². The fourth-order valence-corrected chi connectivity index (χ4v) is 1.48. The van der Waals surface area contributed by atoms with Gasteiger partial charge in [0.15, 0.2) is 5.69 Å². The summed E-state index contributed by atoms with van der Waals surface area (Å²) in [5, 5.41) is 13.9. The number of hydrogen-bond acceptors (Lipinski definition) is 2. The van der Waals surface area contributed by atoms with Crippen LogP contribution in [0.1, 0.15) is 23.7 Å². The lowest BCUT2D eigenvalue weighted by Crippen LogP contribution is -2.04. The minimum Gasteiger partial charge on any atom is -0.481 e. The monoisotopic (exact) mass is 220 g/mol. The van der Waals surface area contributed by atoms with Crippen LogP contribution in [-0.4, -0.2) is 21.3 Å². The number of alkyl halides is 3. The predicted molar refractivity (Wildman–Crippen MR) is 42.1 cm³/mol. The van der Waals surface area contributed by atoms with Crippen molar-refractivity contribution in [2.45, 2.75) is 18.5 Å². The minimum absolute atomic E-state index is 0.245. The van der Waals surface area contributed by atoms with Gasteiger partial charge in [-0.15, -0.1) is 0 Å². The number of carboxylic acids is 1. The molecule has 2 N–H and O–H groups in total. The predicted octanol–water partition coefficient (Wildman–Crippen LogP) is 1.62. The maximum Gasteiger partial charge on any atom is 0.435 e. The van der Waals surface area contributed by atoms with E-state index in [1.54, 1.807) is 0 Å². The van der Waals surface area contributed by atoms with E-state index in [1.165, 1.54) is 0 Å². The number of carboxylic acid groups (broad SMARTS) is 1. The van der Waals surface area contributed by atoms with Crippen LogP contribution in [0.3, 0.4) is 0 Å². The first-order chi connectivity index (χ1) is 6.89. The second-order valence-corrected chi connectivity index (χ2v) is 3.49. The number of nitrogens with zero attached hydrogens (tertiary/aromatic N) is 1. The van der Waals surface area contributed by atoms with Crippen molar-refractivity contribution in [1.82, 2.24) is 10.2 Å². The molecule has 4 nitrogen and oxygen atoms in total. The standard InChI is InChI=1S/C8H7F3N2O2/c9-8(10,11)6-2-5(12-13-6)3-1-4(3)7(14)15/h2-4H,1H2,(H,12,13)(H,14,15)/t3-,4-/m1/s1. The van der Waals surface area contributed by atoms with E-state index in [9.17, 15) is 18.0 Å². The molecule has 1 aliphatic carbocycles. The highest BCUT2D eigenvalue weighted by molar-refractivity contribution is 5.75. The van der Waals surface area contributed by atoms with Crippen molar-refractivity contribution >= 4 is 5.97 Å². The highest BCUT2D eigenvalue weighted by Gasteiger charge is 2.46. The van der Waals surface area contributed by atoms with Gasteiger partial charge >= 0.3 is 12.1 Å². The molecule has 0 amide bonds. The molecule has 15 heavy (non-hydrogen) atoms. The smallest absolute Gasteiger partial charge is 0.435 e. The Labute approximate surface area is 82.1 Å². The molecule has 1 aromatic rings. The van der Waals surface area contributed by atoms with Crippen LogP contribution in [0, 0.1) is 5.92 Å². The number of nitrogens with one attached hydrogen (secondary N) is 1. The largest absolute Gasteiger partial charge is 0.481 e. The van der Waals surface area contributed by atoms with Crippen LogP contribution in [0.2, 0.25) is 0 Å². The molecule has 7 heteroatoms. The number of aromatic nitrogens is 2. The highest BCUT2D eigenvalue weighted by Crippen LogP contribution is 2.47. The highest BCUT2D eigenvalue weighted by atomic mass is 19.4. The average molecular weight is 220 g/mol. The molecule has 82 valence electrons. The number of carbonyl (C=O) groups is 1. The number of H-pyrrole nitrogens is 1. The second kappa shape index (κ2) is 2.98. The van der Waals surface area contributed by atoms with E-state index in [1.807, 2.05) is 0 Å². The summed E-state index contributed by atoms with van der Waals surface area (Å²) in [4.78, 5) is 10.5. The van der Waals surface area contributed by atoms with Crippen molar-refractivity contribution in [3.05, 3.63) is 17.5 Å². The Morgan fingerprint density at radius 2 is 2.27 bits per heavy atom. The van der Waals surface area contributed by atoms with E-state index in [2.05, 4.69) is 10.2 Å². The van der Waals surface area contributed by atoms with Gasteiger partial charge in [-0.1, -0.05) is 0 Å². The molecule has 1 saturated carbocycles. The summed E-state index contributed by atoms with van der Waals surface area (Å²) in [6.07, 6.45) is -4.11. The van der Waals surface area contributed by atoms with Gasteiger partial charge in [0, 0.05) is 11.6 Å². The third-order valence-corrected chi connectivity index (χ3v) is 2.40. The van der Waals surface area contributed by atoms with Crippen molar-refractivity contribution in [1.29, 1.82) is 0 Å². The van der Waals surface area contributed by atoms with Crippen molar-refractivity contribution in [3.63, 3.8) is 0 Å². The molecule has 1 fully saturated rings. The molecule has 0 aliphatic heterocycles. The van der Waals surface area contributed by atoms with Crippen molar-refractivity contribution < 1.29 is 23.1 Å². The molecule has 0 saturated heterocycles. The van der Waals surface area contributed by atoms with Crippen LogP contribution >= 0.6 is 0 Å². The zero-order valence-electron chi connectivity index (χ0n) is 7.38. The van der Waals surface area contributed by atoms with Gasteiger partial charge in [-0.25, -0.2) is 0 Å².